The van der Waals surface area contributed by atoms with Crippen molar-refractivity contribution in [1.29, 1.82) is 0 Å². The molecule has 1 aliphatic heterocycles. The van der Waals surface area contributed by atoms with Crippen LogP contribution in [-0.4, -0.2) is 33.4 Å². The van der Waals surface area contributed by atoms with Crippen molar-refractivity contribution in [3.05, 3.63) is 39.4 Å². The number of likely N-dealkylation sites (tertiary alicyclic amines) is 1. The molecule has 2 aromatic rings. The van der Waals surface area contributed by atoms with Crippen LogP contribution in [0.15, 0.2) is 29.1 Å². The Balaban J connectivity index is 1.72. The maximum absolute atomic E-state index is 12.5. The van der Waals surface area contributed by atoms with Crippen molar-refractivity contribution in [2.75, 3.05) is 13.1 Å². The van der Waals surface area contributed by atoms with Gasteiger partial charge in [0.2, 0.25) is 5.91 Å². The second-order valence-corrected chi connectivity index (χ2v) is 6.01. The summed E-state index contributed by atoms with van der Waals surface area (Å²) in [4.78, 5) is 29.5. The number of aromatic amines is 1. The third kappa shape index (κ3) is 2.97. The van der Waals surface area contributed by atoms with Crippen molar-refractivity contribution in [3.8, 4) is 0 Å². The Labute approximate surface area is 133 Å². The number of hydrogen-bond donors (Lipinski definition) is 1. The number of carbonyl (C=O) groups is 1. The summed E-state index contributed by atoms with van der Waals surface area (Å²) < 4.78 is 1.96. The van der Waals surface area contributed by atoms with Gasteiger partial charge in [0.15, 0.2) is 4.77 Å². The van der Waals surface area contributed by atoms with Gasteiger partial charge in [-0.05, 0) is 43.6 Å². The third-order valence-corrected chi connectivity index (χ3v) is 4.44. The number of aromatic nitrogens is 2. The molecule has 0 spiro atoms. The molecule has 0 aliphatic carbocycles. The van der Waals surface area contributed by atoms with E-state index >= 15 is 0 Å². The van der Waals surface area contributed by atoms with Gasteiger partial charge in [-0.25, -0.2) is 0 Å². The van der Waals surface area contributed by atoms with Gasteiger partial charge in [-0.3, -0.25) is 14.2 Å². The molecule has 1 fully saturated rings. The van der Waals surface area contributed by atoms with E-state index in [0.29, 0.717) is 29.5 Å². The minimum Gasteiger partial charge on any atom is -0.343 e. The Morgan fingerprint density at radius 2 is 1.95 bits per heavy atom. The molecule has 1 aromatic heterocycles. The molecule has 116 valence electrons. The summed E-state index contributed by atoms with van der Waals surface area (Å²) in [5, 5.41) is 0.627. The van der Waals surface area contributed by atoms with Gasteiger partial charge < -0.3 is 9.88 Å². The van der Waals surface area contributed by atoms with E-state index in [1.165, 1.54) is 0 Å². The number of carbonyl (C=O) groups excluding carboxylic acids is 1. The minimum absolute atomic E-state index is 0.0898. The van der Waals surface area contributed by atoms with Crippen molar-refractivity contribution in [2.24, 2.45) is 0 Å². The molecular weight excluding hydrogens is 298 g/mol. The second-order valence-electron chi connectivity index (χ2n) is 5.62. The number of nitrogens with one attached hydrogen (secondary N) is 1. The van der Waals surface area contributed by atoms with Gasteiger partial charge in [0, 0.05) is 26.1 Å². The standard InChI is InChI=1S/C16H19N3O2S/c20-14(18-9-3-4-10-18)8-5-11-19-15(21)12-6-1-2-7-13(12)17-16(19)22/h1-2,6-7H,3-5,8-11H2,(H,17,22). The number of rotatable bonds is 4. The van der Waals surface area contributed by atoms with Crippen molar-refractivity contribution in [2.45, 2.75) is 32.2 Å². The smallest absolute Gasteiger partial charge is 0.262 e. The Bertz CT molecular complexity index is 803. The summed E-state index contributed by atoms with van der Waals surface area (Å²) in [6.45, 7) is 2.21. The van der Waals surface area contributed by atoms with Crippen LogP contribution in [0.1, 0.15) is 25.7 Å². The lowest BCUT2D eigenvalue weighted by Gasteiger charge is -2.15. The lowest BCUT2D eigenvalue weighted by Crippen LogP contribution is -2.28. The normalized spacial score (nSPS) is 14.6. The zero-order valence-electron chi connectivity index (χ0n) is 12.4. The molecule has 0 saturated carbocycles. The van der Waals surface area contributed by atoms with Gasteiger partial charge in [0.25, 0.3) is 5.56 Å². The molecule has 1 aromatic carbocycles. The number of benzene rings is 1. The molecule has 1 aliphatic rings. The summed E-state index contributed by atoms with van der Waals surface area (Å²) in [5.74, 6) is 0.182. The summed E-state index contributed by atoms with van der Waals surface area (Å²) in [5.41, 5.74) is 0.662. The van der Waals surface area contributed by atoms with Crippen LogP contribution in [0.3, 0.4) is 0 Å². The van der Waals surface area contributed by atoms with Gasteiger partial charge in [-0.2, -0.15) is 0 Å². The number of amides is 1. The topological polar surface area (TPSA) is 58.1 Å². The van der Waals surface area contributed by atoms with E-state index in [9.17, 15) is 9.59 Å². The number of H-pyrrole nitrogens is 1. The van der Waals surface area contributed by atoms with Gasteiger partial charge >= 0.3 is 0 Å². The molecule has 0 atom stereocenters. The molecule has 1 saturated heterocycles. The van der Waals surface area contributed by atoms with Crippen molar-refractivity contribution < 1.29 is 4.79 Å². The average Bonchev–Trinajstić information content (AvgIpc) is 3.05. The van der Waals surface area contributed by atoms with Gasteiger partial charge in [0.05, 0.1) is 10.9 Å². The first-order chi connectivity index (χ1) is 10.7. The van der Waals surface area contributed by atoms with Crippen LogP contribution in [0.2, 0.25) is 0 Å². The molecule has 0 unspecified atom stereocenters. The Kier molecular flexibility index (Phi) is 4.38. The highest BCUT2D eigenvalue weighted by Crippen LogP contribution is 2.11. The third-order valence-electron chi connectivity index (χ3n) is 4.12. The molecule has 2 heterocycles. The summed E-state index contributed by atoms with van der Waals surface area (Å²) >= 11 is 5.27. The maximum atomic E-state index is 12.5. The molecule has 6 heteroatoms. The first-order valence-electron chi connectivity index (χ1n) is 7.66. The fraction of sp³-hybridized carbons (Fsp3) is 0.438. The van der Waals surface area contributed by atoms with Crippen molar-refractivity contribution in [3.63, 3.8) is 0 Å². The van der Waals surface area contributed by atoms with Gasteiger partial charge in [-0.1, -0.05) is 12.1 Å². The van der Waals surface area contributed by atoms with Crippen molar-refractivity contribution in [1.82, 2.24) is 14.5 Å². The van der Waals surface area contributed by atoms with Crippen LogP contribution in [0.4, 0.5) is 0 Å². The monoisotopic (exact) mass is 317 g/mol. The highest BCUT2D eigenvalue weighted by molar-refractivity contribution is 7.71. The first-order valence-corrected chi connectivity index (χ1v) is 8.07. The molecule has 0 bridgehead atoms. The minimum atomic E-state index is -0.0898. The molecule has 1 N–H and O–H groups in total. The predicted molar refractivity (Wildman–Crippen MR) is 88.4 cm³/mol. The van der Waals surface area contributed by atoms with Crippen LogP contribution in [0, 0.1) is 4.77 Å². The van der Waals surface area contributed by atoms with Crippen LogP contribution in [-0.2, 0) is 11.3 Å². The Morgan fingerprint density at radius 3 is 2.73 bits per heavy atom. The van der Waals surface area contributed by atoms with E-state index in [4.69, 9.17) is 12.2 Å². The number of nitrogens with zero attached hydrogens (tertiary/aromatic N) is 2. The zero-order chi connectivity index (χ0) is 15.5. The maximum Gasteiger partial charge on any atom is 0.262 e. The molecule has 3 rings (SSSR count). The molecule has 5 nitrogen and oxygen atoms in total. The lowest BCUT2D eigenvalue weighted by atomic mass is 10.2. The second kappa shape index (κ2) is 6.44. The first kappa shape index (κ1) is 15.0. The number of para-hydroxylation sites is 1. The number of fused-ring (bicyclic) bond motifs is 1. The predicted octanol–water partition coefficient (Wildman–Crippen LogP) is 2.46. The quantitative estimate of drug-likeness (QED) is 0.881. The molecule has 22 heavy (non-hydrogen) atoms. The highest BCUT2D eigenvalue weighted by atomic mass is 32.1. The Morgan fingerprint density at radius 1 is 1.23 bits per heavy atom. The lowest BCUT2D eigenvalue weighted by molar-refractivity contribution is -0.130. The van der Waals surface area contributed by atoms with Crippen LogP contribution in [0.25, 0.3) is 10.9 Å². The van der Waals surface area contributed by atoms with Crippen LogP contribution >= 0.6 is 12.2 Å². The zero-order valence-corrected chi connectivity index (χ0v) is 13.2. The summed E-state index contributed by atoms with van der Waals surface area (Å²) in [6, 6.07) is 7.33. The fourth-order valence-electron chi connectivity index (χ4n) is 2.92. The molecular formula is C16H19N3O2S. The molecule has 1 amide bonds. The Hall–Kier alpha value is -1.95. The van der Waals surface area contributed by atoms with Gasteiger partial charge in [-0.15, -0.1) is 0 Å². The number of hydrogen-bond acceptors (Lipinski definition) is 3. The van der Waals surface area contributed by atoms with E-state index < -0.39 is 0 Å². The molecule has 0 radical (unpaired) electrons. The van der Waals surface area contributed by atoms with E-state index in [2.05, 4.69) is 4.98 Å². The van der Waals surface area contributed by atoms with E-state index in [-0.39, 0.29) is 11.5 Å². The van der Waals surface area contributed by atoms with Gasteiger partial charge in [0.1, 0.15) is 0 Å². The highest BCUT2D eigenvalue weighted by Gasteiger charge is 2.17. The van der Waals surface area contributed by atoms with E-state index in [1.807, 2.05) is 23.1 Å². The SMILES string of the molecule is O=C(CCCn1c(=S)[nH]c2ccccc2c1=O)N1CCCC1. The van der Waals surface area contributed by atoms with Crippen LogP contribution in [0.5, 0.6) is 0 Å². The average molecular weight is 317 g/mol. The summed E-state index contributed by atoms with van der Waals surface area (Å²) in [7, 11) is 0. The van der Waals surface area contributed by atoms with Crippen LogP contribution < -0.4 is 5.56 Å². The largest absolute Gasteiger partial charge is 0.343 e. The van der Waals surface area contributed by atoms with E-state index in [1.54, 1.807) is 10.6 Å². The van der Waals surface area contributed by atoms with E-state index in [0.717, 1.165) is 31.4 Å². The van der Waals surface area contributed by atoms with Crippen molar-refractivity contribution >= 4 is 29.0 Å². The summed E-state index contributed by atoms with van der Waals surface area (Å²) in [6.07, 6.45) is 3.29. The fourth-order valence-corrected chi connectivity index (χ4v) is 3.20.